The molecule has 1 atom stereocenters. The normalized spacial score (nSPS) is 22.3. The largest absolute Gasteiger partial charge is 0.465 e. The Bertz CT molecular complexity index is 730. The van der Waals surface area contributed by atoms with Gasteiger partial charge in [0.2, 0.25) is 10.0 Å². The lowest BCUT2D eigenvalue weighted by molar-refractivity contribution is 0.0600. The number of methoxy groups -OCH3 is 1. The zero-order valence-electron chi connectivity index (χ0n) is 14.0. The minimum atomic E-state index is -3.67. The van der Waals surface area contributed by atoms with Crippen molar-refractivity contribution in [2.24, 2.45) is 11.1 Å². The van der Waals surface area contributed by atoms with Crippen LogP contribution in [0.5, 0.6) is 0 Å². The van der Waals surface area contributed by atoms with Crippen LogP contribution in [-0.4, -0.2) is 45.4 Å². The molecule has 1 aliphatic rings. The van der Waals surface area contributed by atoms with E-state index in [2.05, 4.69) is 0 Å². The number of hydrogen-bond donors (Lipinski definition) is 1. The summed E-state index contributed by atoms with van der Waals surface area (Å²) in [4.78, 5) is 11.9. The maximum atomic E-state index is 13.0. The second-order valence-electron chi connectivity index (χ2n) is 6.51. The standard InChI is InChI=1S/C16H24N2O4S/c1-11-7-13(15(19)22-4)8-14(12(11)2)23(20,21)18-6-5-16(3,9-17)10-18/h7-8H,5-6,9-10,17H2,1-4H3. The molecule has 1 aromatic carbocycles. The average Bonchev–Trinajstić information content (AvgIpc) is 2.92. The van der Waals surface area contributed by atoms with Gasteiger partial charge in [0.15, 0.2) is 0 Å². The molecule has 0 radical (unpaired) electrons. The molecule has 0 aromatic heterocycles. The van der Waals surface area contributed by atoms with Crippen LogP contribution in [0, 0.1) is 19.3 Å². The summed E-state index contributed by atoms with van der Waals surface area (Å²) >= 11 is 0. The average molecular weight is 340 g/mol. The number of nitrogens with zero attached hydrogens (tertiary/aromatic N) is 1. The van der Waals surface area contributed by atoms with E-state index in [9.17, 15) is 13.2 Å². The van der Waals surface area contributed by atoms with Gasteiger partial charge in [-0.25, -0.2) is 13.2 Å². The number of carbonyl (C=O) groups is 1. The molecule has 2 rings (SSSR count). The van der Waals surface area contributed by atoms with Crippen molar-refractivity contribution >= 4 is 16.0 Å². The first-order valence-electron chi connectivity index (χ1n) is 7.54. The lowest BCUT2D eigenvalue weighted by Gasteiger charge is -2.23. The van der Waals surface area contributed by atoms with E-state index in [4.69, 9.17) is 10.5 Å². The quantitative estimate of drug-likeness (QED) is 0.838. The van der Waals surface area contributed by atoms with Crippen molar-refractivity contribution in [3.8, 4) is 0 Å². The van der Waals surface area contributed by atoms with Crippen LogP contribution in [0.3, 0.4) is 0 Å². The van der Waals surface area contributed by atoms with Crippen LogP contribution in [0.4, 0.5) is 0 Å². The molecule has 1 aromatic rings. The predicted molar refractivity (Wildman–Crippen MR) is 87.8 cm³/mol. The molecule has 1 saturated heterocycles. The molecule has 0 saturated carbocycles. The van der Waals surface area contributed by atoms with Gasteiger partial charge in [0.25, 0.3) is 0 Å². The SMILES string of the molecule is COC(=O)c1cc(C)c(C)c(S(=O)(=O)N2CCC(C)(CN)C2)c1. The van der Waals surface area contributed by atoms with Gasteiger partial charge in [0.1, 0.15) is 0 Å². The fourth-order valence-corrected chi connectivity index (χ4v) is 4.74. The second-order valence-corrected chi connectivity index (χ2v) is 8.42. The van der Waals surface area contributed by atoms with Crippen LogP contribution in [0.25, 0.3) is 0 Å². The van der Waals surface area contributed by atoms with Gasteiger partial charge in [-0.3, -0.25) is 0 Å². The third kappa shape index (κ3) is 3.27. The minimum Gasteiger partial charge on any atom is -0.465 e. The second kappa shape index (κ2) is 6.22. The first-order valence-corrected chi connectivity index (χ1v) is 8.98. The Hall–Kier alpha value is -1.44. The van der Waals surface area contributed by atoms with Crippen LogP contribution in [0.1, 0.15) is 34.8 Å². The summed E-state index contributed by atoms with van der Waals surface area (Å²) in [5.41, 5.74) is 7.21. The highest BCUT2D eigenvalue weighted by molar-refractivity contribution is 7.89. The predicted octanol–water partition coefficient (Wildman–Crippen LogP) is 1.45. The molecule has 0 aliphatic carbocycles. The summed E-state index contributed by atoms with van der Waals surface area (Å²) in [6.07, 6.45) is 0.734. The number of ether oxygens (including phenoxy) is 1. The number of hydrogen-bond acceptors (Lipinski definition) is 5. The minimum absolute atomic E-state index is 0.166. The maximum absolute atomic E-state index is 13.0. The van der Waals surface area contributed by atoms with E-state index in [0.717, 1.165) is 12.0 Å². The zero-order chi connectivity index (χ0) is 17.4. The molecule has 0 spiro atoms. The number of benzene rings is 1. The fraction of sp³-hybridized carbons (Fsp3) is 0.562. The Morgan fingerprint density at radius 1 is 1.39 bits per heavy atom. The Morgan fingerprint density at radius 3 is 2.57 bits per heavy atom. The van der Waals surface area contributed by atoms with Gasteiger partial charge in [-0.05, 0) is 55.5 Å². The van der Waals surface area contributed by atoms with E-state index in [0.29, 0.717) is 25.2 Å². The van der Waals surface area contributed by atoms with E-state index in [1.165, 1.54) is 17.5 Å². The van der Waals surface area contributed by atoms with E-state index in [1.54, 1.807) is 19.9 Å². The topological polar surface area (TPSA) is 89.7 Å². The van der Waals surface area contributed by atoms with Crippen molar-refractivity contribution < 1.29 is 17.9 Å². The number of aryl methyl sites for hydroxylation is 1. The van der Waals surface area contributed by atoms with Gasteiger partial charge in [-0.1, -0.05) is 6.92 Å². The van der Waals surface area contributed by atoms with Crippen LogP contribution < -0.4 is 5.73 Å². The summed E-state index contributed by atoms with van der Waals surface area (Å²) < 4.78 is 32.2. The summed E-state index contributed by atoms with van der Waals surface area (Å²) in [6.45, 7) is 6.81. The molecule has 0 bridgehead atoms. The molecule has 1 fully saturated rings. The highest BCUT2D eigenvalue weighted by Gasteiger charge is 2.39. The van der Waals surface area contributed by atoms with Crippen molar-refractivity contribution in [2.45, 2.75) is 32.1 Å². The number of rotatable bonds is 4. The third-order valence-corrected chi connectivity index (χ3v) is 6.65. The highest BCUT2D eigenvalue weighted by Crippen LogP contribution is 2.34. The summed E-state index contributed by atoms with van der Waals surface area (Å²) in [5.74, 6) is -0.544. The molecule has 7 heteroatoms. The summed E-state index contributed by atoms with van der Waals surface area (Å²) in [7, 11) is -2.39. The van der Waals surface area contributed by atoms with Gasteiger partial charge >= 0.3 is 5.97 Å². The third-order valence-electron chi connectivity index (χ3n) is 4.67. The van der Waals surface area contributed by atoms with Crippen LogP contribution >= 0.6 is 0 Å². The molecule has 2 N–H and O–H groups in total. The molecule has 128 valence electrons. The number of esters is 1. The summed E-state index contributed by atoms with van der Waals surface area (Å²) in [6, 6.07) is 3.05. The summed E-state index contributed by atoms with van der Waals surface area (Å²) in [5, 5.41) is 0. The van der Waals surface area contributed by atoms with E-state index in [-0.39, 0.29) is 15.9 Å². The number of nitrogens with two attached hydrogens (primary N) is 1. The van der Waals surface area contributed by atoms with E-state index < -0.39 is 16.0 Å². The van der Waals surface area contributed by atoms with Gasteiger partial charge in [0.05, 0.1) is 17.6 Å². The highest BCUT2D eigenvalue weighted by atomic mass is 32.2. The lowest BCUT2D eigenvalue weighted by atomic mass is 9.90. The van der Waals surface area contributed by atoms with Gasteiger partial charge < -0.3 is 10.5 Å². The van der Waals surface area contributed by atoms with Crippen LogP contribution in [0.2, 0.25) is 0 Å². The number of sulfonamides is 1. The van der Waals surface area contributed by atoms with E-state index >= 15 is 0 Å². The maximum Gasteiger partial charge on any atom is 0.337 e. The molecule has 6 nitrogen and oxygen atoms in total. The van der Waals surface area contributed by atoms with Crippen LogP contribution in [-0.2, 0) is 14.8 Å². The monoisotopic (exact) mass is 340 g/mol. The first-order chi connectivity index (χ1) is 10.6. The van der Waals surface area contributed by atoms with Crippen molar-refractivity contribution in [3.05, 3.63) is 28.8 Å². The smallest absolute Gasteiger partial charge is 0.337 e. The fourth-order valence-electron chi connectivity index (χ4n) is 2.82. The van der Waals surface area contributed by atoms with Gasteiger partial charge in [-0.15, -0.1) is 0 Å². The Kier molecular flexibility index (Phi) is 4.84. The van der Waals surface area contributed by atoms with Crippen molar-refractivity contribution in [1.29, 1.82) is 0 Å². The molecular formula is C16H24N2O4S. The zero-order valence-corrected chi connectivity index (χ0v) is 14.9. The van der Waals surface area contributed by atoms with Crippen molar-refractivity contribution in [2.75, 3.05) is 26.7 Å². The van der Waals surface area contributed by atoms with E-state index in [1.807, 2.05) is 6.92 Å². The molecule has 0 amide bonds. The van der Waals surface area contributed by atoms with Gasteiger partial charge in [0, 0.05) is 13.1 Å². The Balaban J connectivity index is 2.48. The van der Waals surface area contributed by atoms with Crippen LogP contribution in [0.15, 0.2) is 17.0 Å². The van der Waals surface area contributed by atoms with Crippen molar-refractivity contribution in [1.82, 2.24) is 4.31 Å². The molecule has 1 heterocycles. The molecule has 1 aliphatic heterocycles. The number of carbonyl (C=O) groups excluding carboxylic acids is 1. The molecular weight excluding hydrogens is 316 g/mol. The Labute approximate surface area is 137 Å². The Morgan fingerprint density at radius 2 is 2.04 bits per heavy atom. The van der Waals surface area contributed by atoms with Crippen molar-refractivity contribution in [3.63, 3.8) is 0 Å². The molecule has 23 heavy (non-hydrogen) atoms. The molecule has 1 unspecified atom stereocenters. The van der Waals surface area contributed by atoms with Gasteiger partial charge in [-0.2, -0.15) is 4.31 Å². The first kappa shape index (κ1) is 17.9. The lowest BCUT2D eigenvalue weighted by Crippen LogP contribution is -2.35.